The number of thioether (sulfide) groups is 1. The Kier molecular flexibility index (Phi) is 6.14. The molecule has 2 unspecified atom stereocenters. The number of hydrogen-bond donors (Lipinski definition) is 2. The van der Waals surface area contributed by atoms with Crippen molar-refractivity contribution in [3.05, 3.63) is 15.8 Å². The number of hydrogen-bond acceptors (Lipinski definition) is 5. The standard InChI is InChI=1S/C14H24N2O2S3/c1-4-15-8-13-14(10(2)9-20-13)21(17,18)16-11-5-6-12(7-11)19-3/h9,11-12,15-16H,4-8H2,1-3H3. The van der Waals surface area contributed by atoms with E-state index in [1.165, 1.54) is 11.3 Å². The lowest BCUT2D eigenvalue weighted by atomic mass is 10.3. The molecule has 2 N–H and O–H groups in total. The summed E-state index contributed by atoms with van der Waals surface area (Å²) >= 11 is 3.35. The first-order valence-corrected chi connectivity index (χ1v) is 11.0. The molecule has 1 aliphatic carbocycles. The fraction of sp³-hybridized carbons (Fsp3) is 0.714. The SMILES string of the molecule is CCNCc1scc(C)c1S(=O)(=O)NC1CCC(SC)C1. The molecule has 0 spiro atoms. The van der Waals surface area contributed by atoms with E-state index in [2.05, 4.69) is 16.3 Å². The lowest BCUT2D eigenvalue weighted by molar-refractivity contribution is 0.551. The van der Waals surface area contributed by atoms with Crippen molar-refractivity contribution in [2.75, 3.05) is 12.8 Å². The Morgan fingerprint density at radius 2 is 2.19 bits per heavy atom. The molecule has 21 heavy (non-hydrogen) atoms. The van der Waals surface area contributed by atoms with Gasteiger partial charge in [-0.15, -0.1) is 11.3 Å². The maximum atomic E-state index is 12.7. The fourth-order valence-corrected chi connectivity index (χ4v) is 6.61. The van der Waals surface area contributed by atoms with Gasteiger partial charge in [-0.1, -0.05) is 6.92 Å². The van der Waals surface area contributed by atoms with Crippen LogP contribution in [0.3, 0.4) is 0 Å². The topological polar surface area (TPSA) is 58.2 Å². The normalized spacial score (nSPS) is 22.8. The van der Waals surface area contributed by atoms with Crippen LogP contribution in [0.25, 0.3) is 0 Å². The molecule has 0 aliphatic heterocycles. The molecular weight excluding hydrogens is 324 g/mol. The van der Waals surface area contributed by atoms with Gasteiger partial charge in [0.05, 0.1) is 0 Å². The van der Waals surface area contributed by atoms with Crippen molar-refractivity contribution in [1.82, 2.24) is 10.0 Å². The van der Waals surface area contributed by atoms with Crippen LogP contribution < -0.4 is 10.0 Å². The Labute approximate surface area is 136 Å². The highest BCUT2D eigenvalue weighted by Gasteiger charge is 2.30. The van der Waals surface area contributed by atoms with Crippen molar-refractivity contribution in [3.8, 4) is 0 Å². The van der Waals surface area contributed by atoms with Crippen molar-refractivity contribution >= 4 is 33.1 Å². The summed E-state index contributed by atoms with van der Waals surface area (Å²) < 4.78 is 28.3. The zero-order chi connectivity index (χ0) is 15.5. The van der Waals surface area contributed by atoms with Gasteiger partial charge in [-0.3, -0.25) is 0 Å². The molecule has 1 fully saturated rings. The number of aryl methyl sites for hydroxylation is 1. The molecule has 2 rings (SSSR count). The Hall–Kier alpha value is -0.0800. The van der Waals surface area contributed by atoms with Crippen LogP contribution in [-0.4, -0.2) is 32.5 Å². The Morgan fingerprint density at radius 3 is 2.81 bits per heavy atom. The largest absolute Gasteiger partial charge is 0.312 e. The maximum absolute atomic E-state index is 12.7. The molecule has 7 heteroatoms. The third kappa shape index (κ3) is 4.22. The zero-order valence-corrected chi connectivity index (χ0v) is 15.3. The number of thiophene rings is 1. The van der Waals surface area contributed by atoms with Crippen LogP contribution in [0.15, 0.2) is 10.3 Å². The van der Waals surface area contributed by atoms with E-state index < -0.39 is 10.0 Å². The maximum Gasteiger partial charge on any atom is 0.242 e. The first kappa shape index (κ1) is 17.3. The molecule has 1 aliphatic rings. The average molecular weight is 349 g/mol. The highest BCUT2D eigenvalue weighted by Crippen LogP contribution is 2.31. The lowest BCUT2D eigenvalue weighted by Gasteiger charge is -2.14. The van der Waals surface area contributed by atoms with E-state index in [0.717, 1.165) is 36.2 Å². The lowest BCUT2D eigenvalue weighted by Crippen LogP contribution is -2.34. The fourth-order valence-electron chi connectivity index (χ4n) is 2.75. The van der Waals surface area contributed by atoms with Crippen molar-refractivity contribution in [2.24, 2.45) is 0 Å². The molecule has 0 radical (unpaired) electrons. The molecule has 1 aromatic heterocycles. The highest BCUT2D eigenvalue weighted by atomic mass is 32.2. The molecule has 0 saturated heterocycles. The van der Waals surface area contributed by atoms with Gasteiger partial charge in [-0.2, -0.15) is 11.8 Å². The van der Waals surface area contributed by atoms with Crippen molar-refractivity contribution in [3.63, 3.8) is 0 Å². The summed E-state index contributed by atoms with van der Waals surface area (Å²) in [6.45, 7) is 5.35. The molecule has 0 aromatic carbocycles. The minimum atomic E-state index is -3.41. The van der Waals surface area contributed by atoms with E-state index in [4.69, 9.17) is 0 Å². The van der Waals surface area contributed by atoms with E-state index in [0.29, 0.717) is 16.7 Å². The van der Waals surface area contributed by atoms with Crippen molar-refractivity contribution < 1.29 is 8.42 Å². The molecule has 4 nitrogen and oxygen atoms in total. The van der Waals surface area contributed by atoms with Crippen molar-refractivity contribution in [2.45, 2.75) is 55.8 Å². The third-order valence-corrected chi connectivity index (χ3v) is 7.91. The number of sulfonamides is 1. The van der Waals surface area contributed by atoms with Crippen LogP contribution in [0, 0.1) is 6.92 Å². The highest BCUT2D eigenvalue weighted by molar-refractivity contribution is 7.99. The summed E-state index contributed by atoms with van der Waals surface area (Å²) in [5.41, 5.74) is 0.847. The third-order valence-electron chi connectivity index (χ3n) is 3.83. The zero-order valence-electron chi connectivity index (χ0n) is 12.8. The minimum Gasteiger partial charge on any atom is -0.312 e. The minimum absolute atomic E-state index is 0.0822. The summed E-state index contributed by atoms with van der Waals surface area (Å²) in [4.78, 5) is 1.39. The van der Waals surface area contributed by atoms with E-state index in [1.54, 1.807) is 0 Å². The van der Waals surface area contributed by atoms with E-state index in [9.17, 15) is 8.42 Å². The molecule has 0 bridgehead atoms. The van der Waals surface area contributed by atoms with Gasteiger partial charge >= 0.3 is 0 Å². The summed E-state index contributed by atoms with van der Waals surface area (Å²) in [6.07, 6.45) is 5.07. The predicted molar refractivity (Wildman–Crippen MR) is 91.7 cm³/mol. The van der Waals surface area contributed by atoms with Crippen molar-refractivity contribution in [1.29, 1.82) is 0 Å². The first-order valence-electron chi connectivity index (χ1n) is 7.30. The van der Waals surface area contributed by atoms with E-state index >= 15 is 0 Å². The second kappa shape index (κ2) is 7.46. The van der Waals surface area contributed by atoms with Gasteiger partial charge in [-0.25, -0.2) is 13.1 Å². The molecule has 1 aromatic rings. The van der Waals surface area contributed by atoms with Crippen LogP contribution >= 0.6 is 23.1 Å². The molecule has 2 atom stereocenters. The van der Waals surface area contributed by atoms with E-state index in [-0.39, 0.29) is 6.04 Å². The smallest absolute Gasteiger partial charge is 0.242 e. The van der Waals surface area contributed by atoms with Gasteiger partial charge < -0.3 is 5.32 Å². The quantitative estimate of drug-likeness (QED) is 0.795. The Bertz CT molecular complexity index is 569. The van der Waals surface area contributed by atoms with E-state index in [1.807, 2.05) is 31.0 Å². The second-order valence-corrected chi connectivity index (χ2v) is 9.19. The predicted octanol–water partition coefficient (Wildman–Crippen LogP) is 2.73. The molecule has 120 valence electrons. The van der Waals surface area contributed by atoms with Crippen LogP contribution in [-0.2, 0) is 16.6 Å². The monoisotopic (exact) mass is 348 g/mol. The van der Waals surface area contributed by atoms with Gasteiger partial charge in [0.2, 0.25) is 10.0 Å². The van der Waals surface area contributed by atoms with Crippen LogP contribution in [0.5, 0.6) is 0 Å². The number of nitrogens with one attached hydrogen (secondary N) is 2. The molecule has 1 heterocycles. The van der Waals surface area contributed by atoms with Gasteiger partial charge in [0, 0.05) is 22.7 Å². The van der Waals surface area contributed by atoms with Gasteiger partial charge in [-0.05, 0) is 49.9 Å². The summed E-state index contributed by atoms with van der Waals surface area (Å²) in [5, 5.41) is 5.73. The second-order valence-electron chi connectivity index (χ2n) is 5.44. The molecule has 1 saturated carbocycles. The summed E-state index contributed by atoms with van der Waals surface area (Å²) in [5.74, 6) is 0. The van der Waals surface area contributed by atoms with Crippen LogP contribution in [0.1, 0.15) is 36.6 Å². The van der Waals surface area contributed by atoms with Gasteiger partial charge in [0.1, 0.15) is 4.90 Å². The Balaban J connectivity index is 2.14. The summed E-state index contributed by atoms with van der Waals surface area (Å²) in [6, 6.07) is 0.0822. The number of rotatable bonds is 7. The molecular formula is C14H24N2O2S3. The van der Waals surface area contributed by atoms with Gasteiger partial charge in [0.15, 0.2) is 0 Å². The average Bonchev–Trinajstić information content (AvgIpc) is 3.02. The van der Waals surface area contributed by atoms with Crippen LogP contribution in [0.2, 0.25) is 0 Å². The first-order chi connectivity index (χ1) is 9.97. The summed E-state index contributed by atoms with van der Waals surface area (Å²) in [7, 11) is -3.41. The van der Waals surface area contributed by atoms with Crippen LogP contribution in [0.4, 0.5) is 0 Å². The van der Waals surface area contributed by atoms with Gasteiger partial charge in [0.25, 0.3) is 0 Å². The Morgan fingerprint density at radius 1 is 1.43 bits per heavy atom. The molecule has 0 amide bonds.